The van der Waals surface area contributed by atoms with Crippen molar-refractivity contribution in [2.24, 2.45) is 0 Å². The number of aromatic amines is 1. The molecular formula is C20H28N5O3P. The third-order valence-corrected chi connectivity index (χ3v) is 6.06. The highest BCUT2D eigenvalue weighted by Gasteiger charge is 2.35. The number of fused-ring (bicyclic) bond motifs is 3. The highest BCUT2D eigenvalue weighted by atomic mass is 31.0. The van der Waals surface area contributed by atoms with Gasteiger partial charge >= 0.3 is 11.8 Å². The Balaban J connectivity index is 1.58. The van der Waals surface area contributed by atoms with Gasteiger partial charge in [0.05, 0.1) is 17.2 Å². The van der Waals surface area contributed by atoms with Gasteiger partial charge < -0.3 is 19.4 Å². The number of nitrogens with one attached hydrogen (secondary N) is 2. The summed E-state index contributed by atoms with van der Waals surface area (Å²) >= 11 is 0. The predicted molar refractivity (Wildman–Crippen MR) is 116 cm³/mol. The number of ether oxygens (including phenoxy) is 1. The zero-order valence-corrected chi connectivity index (χ0v) is 18.4. The molecule has 1 aliphatic rings. The molecule has 0 aromatic carbocycles. The van der Waals surface area contributed by atoms with Crippen molar-refractivity contribution in [3.8, 4) is 0 Å². The van der Waals surface area contributed by atoms with Gasteiger partial charge in [-0.25, -0.2) is 14.6 Å². The molecule has 8 nitrogen and oxygen atoms in total. The Hall–Kier alpha value is -2.34. The molecule has 0 bridgehead atoms. The Labute approximate surface area is 171 Å². The molecule has 1 amide bonds. The van der Waals surface area contributed by atoms with E-state index in [0.29, 0.717) is 0 Å². The van der Waals surface area contributed by atoms with Crippen molar-refractivity contribution in [2.45, 2.75) is 70.6 Å². The molecule has 0 radical (unpaired) electrons. The lowest BCUT2D eigenvalue weighted by atomic mass is 9.80. The van der Waals surface area contributed by atoms with Crippen LogP contribution in [-0.4, -0.2) is 36.1 Å². The molecule has 29 heavy (non-hydrogen) atoms. The van der Waals surface area contributed by atoms with Crippen LogP contribution in [0.25, 0.3) is 22.1 Å². The number of aromatic nitrogens is 4. The van der Waals surface area contributed by atoms with Gasteiger partial charge in [-0.2, -0.15) is 0 Å². The van der Waals surface area contributed by atoms with Crippen molar-refractivity contribution >= 4 is 37.6 Å². The van der Waals surface area contributed by atoms with Crippen LogP contribution in [-0.2, 0) is 4.74 Å². The zero-order chi connectivity index (χ0) is 21.0. The molecule has 1 aliphatic carbocycles. The van der Waals surface area contributed by atoms with Gasteiger partial charge in [-0.3, -0.25) is 4.57 Å². The van der Waals surface area contributed by atoms with E-state index < -0.39 is 11.7 Å². The lowest BCUT2D eigenvalue weighted by Crippen LogP contribution is -2.50. The average molecular weight is 417 g/mol. The van der Waals surface area contributed by atoms with Crippen LogP contribution in [0.3, 0.4) is 0 Å². The number of amides is 1. The van der Waals surface area contributed by atoms with Crippen molar-refractivity contribution < 1.29 is 9.53 Å². The number of nitrogens with zero attached hydrogens (tertiary/aromatic N) is 3. The number of carbonyl (C=O) groups excluding carboxylic acids is 1. The van der Waals surface area contributed by atoms with E-state index in [9.17, 15) is 9.59 Å². The highest BCUT2D eigenvalue weighted by molar-refractivity contribution is 7.14. The van der Waals surface area contributed by atoms with E-state index in [-0.39, 0.29) is 17.3 Å². The summed E-state index contributed by atoms with van der Waals surface area (Å²) in [5.74, 6) is 0. The van der Waals surface area contributed by atoms with Crippen LogP contribution in [0.5, 0.6) is 0 Å². The van der Waals surface area contributed by atoms with Crippen LogP contribution in [0.2, 0.25) is 0 Å². The predicted octanol–water partition coefficient (Wildman–Crippen LogP) is 3.72. The summed E-state index contributed by atoms with van der Waals surface area (Å²) in [5.41, 5.74) is 1.49. The van der Waals surface area contributed by atoms with Crippen LogP contribution in [0.4, 0.5) is 4.79 Å². The zero-order valence-electron chi connectivity index (χ0n) is 17.3. The maximum absolute atomic E-state index is 12.8. The van der Waals surface area contributed by atoms with Crippen molar-refractivity contribution in [1.82, 2.24) is 24.2 Å². The van der Waals surface area contributed by atoms with Crippen molar-refractivity contribution in [3.05, 3.63) is 28.9 Å². The van der Waals surface area contributed by atoms with Gasteiger partial charge in [0, 0.05) is 23.2 Å². The Morgan fingerprint density at radius 2 is 2.07 bits per heavy atom. The SMILES string of the molecule is CC1(NC(=O)OC(C)(C)C)CCC(n2c(=O)[nH]c3cnc4c(ccn4P)c32)CC1. The Morgan fingerprint density at radius 1 is 1.38 bits per heavy atom. The number of rotatable bonds is 2. The number of H-pyrrole nitrogens is 1. The van der Waals surface area contributed by atoms with E-state index >= 15 is 0 Å². The minimum atomic E-state index is -0.525. The summed E-state index contributed by atoms with van der Waals surface area (Å²) in [6.45, 7) is 7.61. The summed E-state index contributed by atoms with van der Waals surface area (Å²) in [4.78, 5) is 32.4. The van der Waals surface area contributed by atoms with Crippen molar-refractivity contribution in [3.63, 3.8) is 0 Å². The van der Waals surface area contributed by atoms with E-state index in [1.54, 1.807) is 6.20 Å². The number of carbonyl (C=O) groups is 1. The summed E-state index contributed by atoms with van der Waals surface area (Å²) < 4.78 is 9.16. The highest BCUT2D eigenvalue weighted by Crippen LogP contribution is 2.37. The number of hydrogen-bond donors (Lipinski definition) is 2. The van der Waals surface area contributed by atoms with Crippen LogP contribution < -0.4 is 11.0 Å². The van der Waals surface area contributed by atoms with Gasteiger partial charge in [-0.15, -0.1) is 0 Å². The van der Waals surface area contributed by atoms with Gasteiger partial charge in [-0.05, 0) is 68.8 Å². The van der Waals surface area contributed by atoms with E-state index in [4.69, 9.17) is 4.74 Å². The molecular weight excluding hydrogens is 389 g/mol. The molecule has 1 saturated carbocycles. The monoisotopic (exact) mass is 417 g/mol. The molecule has 3 aromatic rings. The fourth-order valence-electron chi connectivity index (χ4n) is 4.24. The first-order chi connectivity index (χ1) is 13.6. The van der Waals surface area contributed by atoms with Crippen LogP contribution in [0.1, 0.15) is 59.4 Å². The number of hydrogen-bond acceptors (Lipinski definition) is 4. The lowest BCUT2D eigenvalue weighted by Gasteiger charge is -2.38. The summed E-state index contributed by atoms with van der Waals surface area (Å²) in [7, 11) is 2.61. The maximum Gasteiger partial charge on any atom is 0.408 e. The lowest BCUT2D eigenvalue weighted by molar-refractivity contribution is 0.0427. The van der Waals surface area contributed by atoms with Gasteiger partial charge in [0.15, 0.2) is 0 Å². The molecule has 0 spiro atoms. The van der Waals surface area contributed by atoms with E-state index in [2.05, 4.69) is 24.7 Å². The molecule has 156 valence electrons. The van der Waals surface area contributed by atoms with Gasteiger partial charge in [0.1, 0.15) is 11.2 Å². The summed E-state index contributed by atoms with van der Waals surface area (Å²) in [5, 5.41) is 3.98. The first-order valence-electron chi connectivity index (χ1n) is 9.93. The molecule has 2 N–H and O–H groups in total. The Morgan fingerprint density at radius 3 is 2.72 bits per heavy atom. The Bertz CT molecular complexity index is 1130. The van der Waals surface area contributed by atoms with Crippen LogP contribution in [0.15, 0.2) is 23.3 Å². The smallest absolute Gasteiger partial charge is 0.408 e. The number of imidazole rings is 1. The molecule has 0 saturated heterocycles. The third-order valence-electron chi connectivity index (χ3n) is 5.64. The van der Waals surface area contributed by atoms with Crippen molar-refractivity contribution in [2.75, 3.05) is 0 Å². The van der Waals surface area contributed by atoms with Gasteiger partial charge in [0.2, 0.25) is 0 Å². The molecule has 1 atom stereocenters. The van der Waals surface area contributed by atoms with Crippen LogP contribution in [0, 0.1) is 0 Å². The van der Waals surface area contributed by atoms with E-state index in [1.807, 2.05) is 48.9 Å². The molecule has 1 unspecified atom stereocenters. The second-order valence-corrected chi connectivity index (χ2v) is 9.76. The minimum Gasteiger partial charge on any atom is -0.444 e. The topological polar surface area (TPSA) is 93.9 Å². The largest absolute Gasteiger partial charge is 0.444 e. The first-order valence-corrected chi connectivity index (χ1v) is 10.4. The summed E-state index contributed by atoms with van der Waals surface area (Å²) in [6, 6.07) is 2.06. The Kier molecular flexibility index (Phi) is 4.73. The van der Waals surface area contributed by atoms with Gasteiger partial charge in [0.25, 0.3) is 0 Å². The summed E-state index contributed by atoms with van der Waals surface area (Å²) in [6.07, 6.45) is 6.38. The van der Waals surface area contributed by atoms with Gasteiger partial charge in [-0.1, -0.05) is 0 Å². The van der Waals surface area contributed by atoms with Crippen molar-refractivity contribution in [1.29, 1.82) is 0 Å². The molecule has 3 aromatic heterocycles. The minimum absolute atomic E-state index is 0.0724. The third kappa shape index (κ3) is 3.78. The molecule has 4 rings (SSSR count). The molecule has 9 heteroatoms. The standard InChI is InChI=1S/C20H28N5O3P/c1-19(2,3)28-18(27)23-20(4)8-5-12(6-9-20)25-15-13-7-10-24(29)16(13)21-11-14(15)22-17(25)26/h7,10-12H,5-6,8-9,29H2,1-4H3,(H,22,26)(H,23,27). The number of alkyl carbamates (subject to hydrolysis) is 1. The van der Waals surface area contributed by atoms with E-state index in [0.717, 1.165) is 47.8 Å². The molecule has 1 fully saturated rings. The second-order valence-electron chi connectivity index (χ2n) is 9.20. The second kappa shape index (κ2) is 6.87. The fourth-order valence-corrected chi connectivity index (χ4v) is 4.53. The fraction of sp³-hybridized carbons (Fsp3) is 0.550. The van der Waals surface area contributed by atoms with Crippen LogP contribution >= 0.6 is 9.39 Å². The normalized spacial score (nSPS) is 22.9. The first kappa shape index (κ1) is 20.0. The maximum atomic E-state index is 12.8. The average Bonchev–Trinajstić information content (AvgIpc) is 3.13. The number of pyridine rings is 1. The quantitative estimate of drug-likeness (QED) is 0.622. The molecule has 3 heterocycles. The van der Waals surface area contributed by atoms with E-state index in [1.165, 1.54) is 0 Å². The molecule has 0 aliphatic heterocycles.